The van der Waals surface area contributed by atoms with Crippen molar-refractivity contribution in [1.82, 2.24) is 5.32 Å². The molecule has 1 rings (SSSR count). The van der Waals surface area contributed by atoms with Gasteiger partial charge >= 0.3 is 11.8 Å². The normalized spacial score (nSPS) is 9.84. The van der Waals surface area contributed by atoms with Gasteiger partial charge in [0.25, 0.3) is 0 Å². The number of amides is 2. The molecule has 1 aromatic carbocycles. The summed E-state index contributed by atoms with van der Waals surface area (Å²) in [6, 6.07) is 1.58. The summed E-state index contributed by atoms with van der Waals surface area (Å²) in [6.45, 7) is -0.168. The highest BCUT2D eigenvalue weighted by atomic mass is 79.9. The van der Waals surface area contributed by atoms with Crippen molar-refractivity contribution in [1.29, 1.82) is 0 Å². The number of nitrogens with one attached hydrogen (secondary N) is 2. The second-order valence-corrected chi connectivity index (χ2v) is 4.73. The molecule has 19 heavy (non-hydrogen) atoms. The third kappa shape index (κ3) is 4.52. The Labute approximate surface area is 120 Å². The average Bonchev–Trinajstić information content (AvgIpc) is 2.32. The number of nitrogens with two attached hydrogens (primary N) is 1. The van der Waals surface area contributed by atoms with Crippen molar-refractivity contribution in [3.8, 4) is 0 Å². The first-order valence-corrected chi connectivity index (χ1v) is 6.03. The SMILES string of the molecule is NC(=S)CNC(=O)C(=O)Nc1cc(F)c(Br)cc1F. The monoisotopic (exact) mass is 351 g/mol. The van der Waals surface area contributed by atoms with Gasteiger partial charge < -0.3 is 16.4 Å². The molecule has 9 heteroatoms. The summed E-state index contributed by atoms with van der Waals surface area (Å²) in [5.74, 6) is -3.88. The number of hydrogen-bond acceptors (Lipinski definition) is 3. The van der Waals surface area contributed by atoms with E-state index in [0.717, 1.165) is 12.1 Å². The van der Waals surface area contributed by atoms with Crippen molar-refractivity contribution in [3.63, 3.8) is 0 Å². The van der Waals surface area contributed by atoms with Gasteiger partial charge in [-0.15, -0.1) is 0 Å². The van der Waals surface area contributed by atoms with E-state index in [0.29, 0.717) is 0 Å². The Morgan fingerprint density at radius 2 is 1.89 bits per heavy atom. The van der Waals surface area contributed by atoms with Gasteiger partial charge in [0.2, 0.25) is 0 Å². The molecule has 0 aliphatic heterocycles. The largest absolute Gasteiger partial charge is 0.392 e. The van der Waals surface area contributed by atoms with Crippen LogP contribution in [0.15, 0.2) is 16.6 Å². The number of carbonyl (C=O) groups excluding carboxylic acids is 2. The van der Waals surface area contributed by atoms with Gasteiger partial charge in [-0.3, -0.25) is 9.59 Å². The molecule has 0 aliphatic carbocycles. The van der Waals surface area contributed by atoms with Crippen molar-refractivity contribution in [2.45, 2.75) is 0 Å². The van der Waals surface area contributed by atoms with Crippen LogP contribution < -0.4 is 16.4 Å². The zero-order valence-electron chi connectivity index (χ0n) is 9.30. The number of thiocarbonyl (C=S) groups is 1. The first-order valence-electron chi connectivity index (χ1n) is 4.83. The zero-order chi connectivity index (χ0) is 14.6. The van der Waals surface area contributed by atoms with Gasteiger partial charge in [0.05, 0.1) is 21.7 Å². The number of carbonyl (C=O) groups is 2. The molecule has 1 aromatic rings. The molecule has 2 amide bonds. The third-order valence-corrected chi connectivity index (χ3v) is 2.64. The molecule has 5 nitrogen and oxygen atoms in total. The standard InChI is InChI=1S/C10H8BrF2N3O2S/c11-4-1-6(13)7(2-5(4)12)16-10(18)9(17)15-3-8(14)19/h1-2H,3H2,(H2,14,19)(H,15,17)(H,16,18). The fourth-order valence-corrected chi connectivity index (χ4v) is 1.43. The predicted octanol–water partition coefficient (Wildman–Crippen LogP) is 1.07. The van der Waals surface area contributed by atoms with E-state index in [4.69, 9.17) is 5.73 Å². The van der Waals surface area contributed by atoms with Crippen molar-refractivity contribution >= 4 is 50.6 Å². The van der Waals surface area contributed by atoms with Crippen molar-refractivity contribution in [2.24, 2.45) is 5.73 Å². The lowest BCUT2D eigenvalue weighted by molar-refractivity contribution is -0.136. The van der Waals surface area contributed by atoms with E-state index in [-0.39, 0.29) is 16.0 Å². The molecule has 0 saturated carbocycles. The van der Waals surface area contributed by atoms with E-state index in [1.165, 1.54) is 0 Å². The summed E-state index contributed by atoms with van der Waals surface area (Å²) in [6.07, 6.45) is 0. The van der Waals surface area contributed by atoms with Crippen molar-refractivity contribution in [2.75, 3.05) is 11.9 Å². The second kappa shape index (κ2) is 6.53. The van der Waals surface area contributed by atoms with Gasteiger partial charge in [-0.05, 0) is 22.0 Å². The van der Waals surface area contributed by atoms with Crippen molar-refractivity contribution < 1.29 is 18.4 Å². The predicted molar refractivity (Wildman–Crippen MR) is 72.5 cm³/mol. The van der Waals surface area contributed by atoms with Gasteiger partial charge in [0.15, 0.2) is 0 Å². The summed E-state index contributed by atoms with van der Waals surface area (Å²) in [5.41, 5.74) is 4.68. The summed E-state index contributed by atoms with van der Waals surface area (Å²) in [5, 5.41) is 4.04. The highest BCUT2D eigenvalue weighted by molar-refractivity contribution is 9.10. The average molecular weight is 352 g/mol. The van der Waals surface area contributed by atoms with E-state index in [9.17, 15) is 18.4 Å². The zero-order valence-corrected chi connectivity index (χ0v) is 11.7. The molecule has 0 bridgehead atoms. The Bertz CT molecular complexity index is 554. The van der Waals surface area contributed by atoms with Crippen LogP contribution in [0.2, 0.25) is 0 Å². The smallest absolute Gasteiger partial charge is 0.313 e. The van der Waals surface area contributed by atoms with Crippen LogP contribution in [0.3, 0.4) is 0 Å². The van der Waals surface area contributed by atoms with E-state index in [1.54, 1.807) is 0 Å². The van der Waals surface area contributed by atoms with Crippen LogP contribution in [0, 0.1) is 11.6 Å². The van der Waals surface area contributed by atoms with Crippen LogP contribution in [0.4, 0.5) is 14.5 Å². The van der Waals surface area contributed by atoms with Gasteiger partial charge in [0, 0.05) is 6.07 Å². The third-order valence-electron chi connectivity index (χ3n) is 1.89. The number of rotatable bonds is 3. The van der Waals surface area contributed by atoms with Gasteiger partial charge in [-0.1, -0.05) is 12.2 Å². The van der Waals surface area contributed by atoms with E-state index < -0.39 is 29.1 Å². The van der Waals surface area contributed by atoms with Gasteiger partial charge in [-0.25, -0.2) is 8.78 Å². The number of anilines is 1. The molecular formula is C10H8BrF2N3O2S. The van der Waals surface area contributed by atoms with E-state index in [2.05, 4.69) is 33.5 Å². The molecule has 4 N–H and O–H groups in total. The van der Waals surface area contributed by atoms with Crippen LogP contribution in [0.5, 0.6) is 0 Å². The molecule has 0 unspecified atom stereocenters. The molecule has 0 saturated heterocycles. The van der Waals surface area contributed by atoms with E-state index in [1.807, 2.05) is 5.32 Å². The molecule has 0 aliphatic rings. The summed E-state index contributed by atoms with van der Waals surface area (Å²) >= 11 is 7.28. The van der Waals surface area contributed by atoms with Crippen LogP contribution in [0.1, 0.15) is 0 Å². The maximum absolute atomic E-state index is 13.4. The fraction of sp³-hybridized carbons (Fsp3) is 0.100. The summed E-state index contributed by atoms with van der Waals surface area (Å²) < 4.78 is 26.5. The number of halogens is 3. The first-order chi connectivity index (χ1) is 8.81. The minimum atomic E-state index is -1.16. The molecule has 0 spiro atoms. The Kier molecular flexibility index (Phi) is 5.31. The van der Waals surface area contributed by atoms with Gasteiger partial charge in [0.1, 0.15) is 11.6 Å². The minimum absolute atomic E-state index is 0.0120. The lowest BCUT2D eigenvalue weighted by atomic mass is 10.3. The fourth-order valence-electron chi connectivity index (χ4n) is 1.05. The maximum Gasteiger partial charge on any atom is 0.313 e. The van der Waals surface area contributed by atoms with Crippen LogP contribution in [0.25, 0.3) is 0 Å². The Morgan fingerprint density at radius 3 is 2.47 bits per heavy atom. The molecule has 0 atom stereocenters. The topological polar surface area (TPSA) is 84.2 Å². The molecule has 0 aromatic heterocycles. The molecule has 0 radical (unpaired) electrons. The van der Waals surface area contributed by atoms with Gasteiger partial charge in [-0.2, -0.15) is 0 Å². The Balaban J connectivity index is 2.74. The molecule has 0 fully saturated rings. The van der Waals surface area contributed by atoms with E-state index >= 15 is 0 Å². The Morgan fingerprint density at radius 1 is 1.26 bits per heavy atom. The Hall–Kier alpha value is -1.61. The lowest BCUT2D eigenvalue weighted by Crippen LogP contribution is -2.39. The highest BCUT2D eigenvalue weighted by Gasteiger charge is 2.16. The van der Waals surface area contributed by atoms with Crippen LogP contribution >= 0.6 is 28.1 Å². The number of benzene rings is 1. The highest BCUT2D eigenvalue weighted by Crippen LogP contribution is 2.23. The summed E-state index contributed by atoms with van der Waals surface area (Å²) in [4.78, 5) is 22.6. The maximum atomic E-state index is 13.4. The van der Waals surface area contributed by atoms with Crippen molar-refractivity contribution in [3.05, 3.63) is 28.2 Å². The van der Waals surface area contributed by atoms with Crippen LogP contribution in [-0.2, 0) is 9.59 Å². The minimum Gasteiger partial charge on any atom is -0.392 e. The molecule has 102 valence electrons. The second-order valence-electron chi connectivity index (χ2n) is 3.35. The quantitative estimate of drug-likeness (QED) is 0.432. The van der Waals surface area contributed by atoms with Crippen LogP contribution in [-0.4, -0.2) is 23.3 Å². The number of hydrogen-bond donors (Lipinski definition) is 3. The molecule has 0 heterocycles. The lowest BCUT2D eigenvalue weighted by Gasteiger charge is -2.07. The first kappa shape index (κ1) is 15.4. The summed E-state index contributed by atoms with van der Waals surface area (Å²) in [7, 11) is 0. The molecular weight excluding hydrogens is 344 g/mol.